The summed E-state index contributed by atoms with van der Waals surface area (Å²) in [5.74, 6) is 0. The van der Waals surface area contributed by atoms with Gasteiger partial charge in [0.15, 0.2) is 0 Å². The van der Waals surface area contributed by atoms with E-state index in [1.165, 1.54) is 28.6 Å². The Morgan fingerprint density at radius 3 is 2.28 bits per heavy atom. The average Bonchev–Trinajstić information content (AvgIpc) is 3.10. The summed E-state index contributed by atoms with van der Waals surface area (Å²) in [6.45, 7) is 4.61. The molecule has 0 aromatic heterocycles. The highest BCUT2D eigenvalue weighted by Crippen LogP contribution is 2.22. The molecule has 1 aromatic carbocycles. The van der Waals surface area contributed by atoms with Crippen molar-refractivity contribution in [2.24, 2.45) is 0 Å². The molecule has 0 radical (unpaired) electrons. The fourth-order valence-corrected chi connectivity index (χ4v) is 5.25. The maximum Gasteiger partial charge on any atom is 0.243 e. The molecule has 1 aliphatic rings. The van der Waals surface area contributed by atoms with E-state index in [2.05, 4.69) is 10.0 Å². The summed E-state index contributed by atoms with van der Waals surface area (Å²) in [5.41, 5.74) is 0. The third-order valence-corrected chi connectivity index (χ3v) is 7.19. The van der Waals surface area contributed by atoms with Crippen LogP contribution in [0, 0.1) is 0 Å². The van der Waals surface area contributed by atoms with Crippen molar-refractivity contribution in [2.75, 3.05) is 32.7 Å². The molecule has 2 N–H and O–H groups in total. The zero-order valence-electron chi connectivity index (χ0n) is 14.3. The van der Waals surface area contributed by atoms with E-state index in [9.17, 15) is 16.8 Å². The van der Waals surface area contributed by atoms with Crippen LogP contribution in [0.1, 0.15) is 26.2 Å². The summed E-state index contributed by atoms with van der Waals surface area (Å²) in [7, 11) is -7.35. The van der Waals surface area contributed by atoms with E-state index in [0.717, 1.165) is 25.8 Å². The van der Waals surface area contributed by atoms with Gasteiger partial charge in [0, 0.05) is 26.2 Å². The zero-order valence-corrected chi connectivity index (χ0v) is 16.7. The summed E-state index contributed by atoms with van der Waals surface area (Å²) in [5, 5.41) is 3.10. The molecule has 0 aliphatic carbocycles. The van der Waals surface area contributed by atoms with Gasteiger partial charge in [-0.2, -0.15) is 4.31 Å². The SMILES string of the molecule is CCCNCCNS(=O)(=O)c1cccc(S(=O)(=O)N2CCCC2)c1.Cl. The third-order valence-electron chi connectivity index (χ3n) is 3.84. The van der Waals surface area contributed by atoms with Gasteiger partial charge in [0.05, 0.1) is 9.79 Å². The van der Waals surface area contributed by atoms with E-state index in [1.54, 1.807) is 0 Å². The van der Waals surface area contributed by atoms with Crippen LogP contribution < -0.4 is 10.0 Å². The summed E-state index contributed by atoms with van der Waals surface area (Å²) in [4.78, 5) is -0.00496. The van der Waals surface area contributed by atoms with Crippen LogP contribution in [-0.2, 0) is 20.0 Å². The molecule has 1 heterocycles. The van der Waals surface area contributed by atoms with Gasteiger partial charge >= 0.3 is 0 Å². The van der Waals surface area contributed by atoms with Crippen molar-refractivity contribution in [1.82, 2.24) is 14.3 Å². The summed E-state index contributed by atoms with van der Waals surface area (Å²) < 4.78 is 53.6. The van der Waals surface area contributed by atoms with E-state index in [4.69, 9.17) is 0 Å². The van der Waals surface area contributed by atoms with Crippen LogP contribution in [0.3, 0.4) is 0 Å². The molecule has 144 valence electrons. The molecule has 7 nitrogen and oxygen atoms in total. The third kappa shape index (κ3) is 5.90. The molecule has 2 rings (SSSR count). The van der Waals surface area contributed by atoms with Crippen molar-refractivity contribution in [1.29, 1.82) is 0 Å². The Kier molecular flexibility index (Phi) is 8.79. The number of rotatable bonds is 9. The molecular weight excluding hydrogens is 386 g/mol. The molecular formula is C15H26ClN3O4S2. The first-order valence-corrected chi connectivity index (χ1v) is 11.1. The minimum absolute atomic E-state index is 0. The zero-order chi connectivity index (χ0) is 17.6. The van der Waals surface area contributed by atoms with Crippen LogP contribution in [0.2, 0.25) is 0 Å². The van der Waals surface area contributed by atoms with Gasteiger partial charge in [-0.25, -0.2) is 21.6 Å². The van der Waals surface area contributed by atoms with Crippen LogP contribution in [0.4, 0.5) is 0 Å². The van der Waals surface area contributed by atoms with Crippen LogP contribution in [0.5, 0.6) is 0 Å². The van der Waals surface area contributed by atoms with Gasteiger partial charge in [-0.15, -0.1) is 12.4 Å². The van der Waals surface area contributed by atoms with Crippen molar-refractivity contribution in [3.05, 3.63) is 24.3 Å². The van der Waals surface area contributed by atoms with Crippen molar-refractivity contribution < 1.29 is 16.8 Å². The van der Waals surface area contributed by atoms with Crippen LogP contribution in [-0.4, -0.2) is 53.9 Å². The average molecular weight is 412 g/mol. The van der Waals surface area contributed by atoms with Gasteiger partial charge in [0.1, 0.15) is 0 Å². The molecule has 0 bridgehead atoms. The van der Waals surface area contributed by atoms with Crippen LogP contribution in [0.15, 0.2) is 34.1 Å². The molecule has 0 atom stereocenters. The van der Waals surface area contributed by atoms with Gasteiger partial charge in [-0.05, 0) is 44.0 Å². The van der Waals surface area contributed by atoms with Crippen molar-refractivity contribution >= 4 is 32.5 Å². The molecule has 1 saturated heterocycles. The monoisotopic (exact) mass is 411 g/mol. The molecule has 1 aliphatic heterocycles. The summed E-state index contributed by atoms with van der Waals surface area (Å²) >= 11 is 0. The van der Waals surface area contributed by atoms with Gasteiger partial charge < -0.3 is 5.32 Å². The first kappa shape index (κ1) is 22.3. The highest BCUT2D eigenvalue weighted by atomic mass is 35.5. The van der Waals surface area contributed by atoms with Crippen molar-refractivity contribution in [3.63, 3.8) is 0 Å². The molecule has 1 fully saturated rings. The lowest BCUT2D eigenvalue weighted by Gasteiger charge is -2.16. The lowest BCUT2D eigenvalue weighted by molar-refractivity contribution is 0.477. The Morgan fingerprint density at radius 2 is 1.64 bits per heavy atom. The summed E-state index contributed by atoms with van der Waals surface area (Å²) in [6, 6.07) is 5.54. The van der Waals surface area contributed by atoms with Gasteiger partial charge in [0.2, 0.25) is 20.0 Å². The van der Waals surface area contributed by atoms with Crippen LogP contribution >= 0.6 is 12.4 Å². The second kappa shape index (κ2) is 9.84. The molecule has 10 heteroatoms. The second-order valence-corrected chi connectivity index (χ2v) is 9.44. The van der Waals surface area contributed by atoms with Gasteiger partial charge in [-0.3, -0.25) is 0 Å². The van der Waals surface area contributed by atoms with E-state index in [0.29, 0.717) is 19.6 Å². The van der Waals surface area contributed by atoms with Gasteiger partial charge in [0.25, 0.3) is 0 Å². The molecule has 1 aromatic rings. The minimum Gasteiger partial charge on any atom is -0.315 e. The predicted octanol–water partition coefficient (Wildman–Crippen LogP) is 1.17. The number of hydrogen-bond acceptors (Lipinski definition) is 5. The molecule has 0 amide bonds. The predicted molar refractivity (Wildman–Crippen MR) is 100 cm³/mol. The molecule has 25 heavy (non-hydrogen) atoms. The quantitative estimate of drug-likeness (QED) is 0.595. The van der Waals surface area contributed by atoms with Crippen LogP contribution in [0.25, 0.3) is 0 Å². The van der Waals surface area contributed by atoms with E-state index < -0.39 is 20.0 Å². The smallest absolute Gasteiger partial charge is 0.243 e. The highest BCUT2D eigenvalue weighted by molar-refractivity contribution is 7.90. The number of benzene rings is 1. The largest absolute Gasteiger partial charge is 0.315 e. The number of sulfonamides is 2. The van der Waals surface area contributed by atoms with E-state index >= 15 is 0 Å². The standard InChI is InChI=1S/C15H25N3O4S2.ClH/c1-2-8-16-9-10-17-23(19,20)14-6-5-7-15(13-14)24(21,22)18-11-3-4-12-18;/h5-7,13,16-17H,2-4,8-12H2,1H3;1H. The normalized spacial score (nSPS) is 15.9. The second-order valence-electron chi connectivity index (χ2n) is 5.73. The minimum atomic E-state index is -3.73. The lowest BCUT2D eigenvalue weighted by Crippen LogP contribution is -2.32. The topological polar surface area (TPSA) is 95.6 Å². The number of hydrogen-bond donors (Lipinski definition) is 2. The van der Waals surface area contributed by atoms with E-state index in [-0.39, 0.29) is 28.7 Å². The fourth-order valence-electron chi connectivity index (χ4n) is 2.54. The Morgan fingerprint density at radius 1 is 1.00 bits per heavy atom. The first-order valence-electron chi connectivity index (χ1n) is 8.18. The van der Waals surface area contributed by atoms with Crippen molar-refractivity contribution in [3.8, 4) is 0 Å². The lowest BCUT2D eigenvalue weighted by atomic mass is 10.4. The maximum absolute atomic E-state index is 12.5. The summed E-state index contributed by atoms with van der Waals surface area (Å²) in [6.07, 6.45) is 2.65. The fraction of sp³-hybridized carbons (Fsp3) is 0.600. The Balaban J connectivity index is 0.00000312. The van der Waals surface area contributed by atoms with Crippen molar-refractivity contribution in [2.45, 2.75) is 36.0 Å². The molecule has 0 saturated carbocycles. The number of nitrogens with zero attached hydrogens (tertiary/aromatic N) is 1. The first-order chi connectivity index (χ1) is 11.4. The highest BCUT2D eigenvalue weighted by Gasteiger charge is 2.28. The Bertz CT molecular complexity index is 748. The van der Waals surface area contributed by atoms with Gasteiger partial charge in [-0.1, -0.05) is 13.0 Å². The number of nitrogens with one attached hydrogen (secondary N) is 2. The Hall–Kier alpha value is -0.710. The number of halogens is 1. The maximum atomic E-state index is 12.5. The molecule has 0 spiro atoms. The molecule has 0 unspecified atom stereocenters. The van der Waals surface area contributed by atoms with E-state index in [1.807, 2.05) is 6.92 Å². The Labute approximate surface area is 156 Å².